The monoisotopic (exact) mass is 466 g/mol. The summed E-state index contributed by atoms with van der Waals surface area (Å²) in [5, 5.41) is 12.9. The molecule has 0 aliphatic heterocycles. The minimum absolute atomic E-state index is 0.0693. The summed E-state index contributed by atoms with van der Waals surface area (Å²) in [5.41, 5.74) is 1.44. The standard InChI is InChI=1S/C22H30N2O7S/c1-14-10-16(11-20(15(14)2)32(27,28)24(3)4)22(26)23-12-17(25)13-31-21-18(29-5)8-7-9-19(21)30-6/h7-11,17,25H,12-13H2,1-6H3,(H,23,26). The van der Waals surface area contributed by atoms with Crippen LogP contribution in [0.3, 0.4) is 0 Å². The van der Waals surface area contributed by atoms with Crippen LogP contribution in [0.15, 0.2) is 35.2 Å². The van der Waals surface area contributed by atoms with Gasteiger partial charge in [0, 0.05) is 26.2 Å². The van der Waals surface area contributed by atoms with Crippen LogP contribution in [-0.2, 0) is 10.0 Å². The SMILES string of the molecule is COc1cccc(OC)c1OCC(O)CNC(=O)c1cc(C)c(C)c(S(=O)(=O)N(C)C)c1. The fraction of sp³-hybridized carbons (Fsp3) is 0.409. The van der Waals surface area contributed by atoms with Crippen molar-refractivity contribution in [3.8, 4) is 17.2 Å². The summed E-state index contributed by atoms with van der Waals surface area (Å²) in [5.74, 6) is 0.739. The van der Waals surface area contributed by atoms with Gasteiger partial charge >= 0.3 is 0 Å². The van der Waals surface area contributed by atoms with Crippen LogP contribution in [0.5, 0.6) is 17.2 Å². The molecule has 0 aliphatic rings. The highest BCUT2D eigenvalue weighted by molar-refractivity contribution is 7.89. The summed E-state index contributed by atoms with van der Waals surface area (Å²) < 4.78 is 42.4. The molecule has 9 nitrogen and oxygen atoms in total. The number of carbonyl (C=O) groups excluding carboxylic acids is 1. The molecule has 0 radical (unpaired) electrons. The van der Waals surface area contributed by atoms with Crippen molar-refractivity contribution in [2.45, 2.75) is 24.8 Å². The van der Waals surface area contributed by atoms with Crippen LogP contribution in [0.2, 0.25) is 0 Å². The van der Waals surface area contributed by atoms with Gasteiger partial charge in [-0.3, -0.25) is 4.79 Å². The number of benzene rings is 2. The van der Waals surface area contributed by atoms with Gasteiger partial charge in [-0.05, 0) is 49.2 Å². The van der Waals surface area contributed by atoms with Crippen molar-refractivity contribution in [3.63, 3.8) is 0 Å². The third-order valence-electron chi connectivity index (χ3n) is 4.94. The zero-order chi connectivity index (χ0) is 24.1. The molecule has 10 heteroatoms. The Bertz CT molecular complexity index is 1050. The fourth-order valence-corrected chi connectivity index (χ4v) is 4.15. The number of aryl methyl sites for hydroxylation is 1. The Labute approximate surface area is 189 Å². The molecule has 0 spiro atoms. The molecular formula is C22H30N2O7S. The topological polar surface area (TPSA) is 114 Å². The van der Waals surface area contributed by atoms with Crippen molar-refractivity contribution in [1.29, 1.82) is 0 Å². The third-order valence-corrected chi connectivity index (χ3v) is 6.88. The number of rotatable bonds is 10. The minimum atomic E-state index is -3.71. The first-order valence-electron chi connectivity index (χ1n) is 9.86. The van der Waals surface area contributed by atoms with Crippen LogP contribution < -0.4 is 19.5 Å². The summed E-state index contributed by atoms with van der Waals surface area (Å²) in [7, 11) is 2.14. The number of methoxy groups -OCH3 is 2. The van der Waals surface area contributed by atoms with Gasteiger partial charge in [0.2, 0.25) is 15.8 Å². The molecule has 2 aromatic rings. The van der Waals surface area contributed by atoms with E-state index in [1.54, 1.807) is 38.1 Å². The number of sulfonamides is 1. The smallest absolute Gasteiger partial charge is 0.251 e. The number of ether oxygens (including phenoxy) is 3. The maximum absolute atomic E-state index is 12.6. The van der Waals surface area contributed by atoms with E-state index in [4.69, 9.17) is 14.2 Å². The van der Waals surface area contributed by atoms with Gasteiger partial charge in [-0.1, -0.05) is 6.07 Å². The number of carbonyl (C=O) groups is 1. The predicted octanol–water partition coefficient (Wildman–Crippen LogP) is 1.74. The number of aliphatic hydroxyl groups excluding tert-OH is 1. The number of para-hydroxylation sites is 1. The molecular weight excluding hydrogens is 436 g/mol. The van der Waals surface area contributed by atoms with Crippen molar-refractivity contribution < 1.29 is 32.5 Å². The molecule has 2 N–H and O–H groups in total. The van der Waals surface area contributed by atoms with Gasteiger partial charge in [-0.15, -0.1) is 0 Å². The summed E-state index contributed by atoms with van der Waals surface area (Å²) in [4.78, 5) is 12.7. The van der Waals surface area contributed by atoms with E-state index < -0.39 is 22.0 Å². The third kappa shape index (κ3) is 5.70. The molecule has 0 heterocycles. The normalized spacial score (nSPS) is 12.4. The Morgan fingerprint density at radius 2 is 1.72 bits per heavy atom. The lowest BCUT2D eigenvalue weighted by Gasteiger charge is -2.18. The molecule has 176 valence electrons. The quantitative estimate of drug-likeness (QED) is 0.548. The summed E-state index contributed by atoms with van der Waals surface area (Å²) in [6.45, 7) is 3.22. The minimum Gasteiger partial charge on any atom is -0.493 e. The van der Waals surface area contributed by atoms with Crippen LogP contribution in [0.4, 0.5) is 0 Å². The van der Waals surface area contributed by atoms with Crippen LogP contribution in [0, 0.1) is 13.8 Å². The van der Waals surface area contributed by atoms with E-state index in [2.05, 4.69) is 5.32 Å². The first-order valence-corrected chi connectivity index (χ1v) is 11.3. The zero-order valence-corrected chi connectivity index (χ0v) is 19.9. The number of nitrogens with zero attached hydrogens (tertiary/aromatic N) is 1. The molecule has 0 bridgehead atoms. The van der Waals surface area contributed by atoms with E-state index in [9.17, 15) is 18.3 Å². The number of hydrogen-bond acceptors (Lipinski definition) is 7. The number of nitrogens with one attached hydrogen (secondary N) is 1. The second kappa shape index (κ2) is 10.7. The highest BCUT2D eigenvalue weighted by Gasteiger charge is 2.23. The van der Waals surface area contributed by atoms with E-state index in [1.807, 2.05) is 0 Å². The van der Waals surface area contributed by atoms with Gasteiger partial charge in [0.05, 0.1) is 19.1 Å². The van der Waals surface area contributed by atoms with Crippen LogP contribution in [-0.4, -0.2) is 71.3 Å². The van der Waals surface area contributed by atoms with E-state index in [1.165, 1.54) is 34.4 Å². The maximum atomic E-state index is 12.6. The van der Waals surface area contributed by atoms with Gasteiger partial charge < -0.3 is 24.6 Å². The number of hydrogen-bond donors (Lipinski definition) is 2. The average molecular weight is 467 g/mol. The Balaban J connectivity index is 2.08. The van der Waals surface area contributed by atoms with E-state index >= 15 is 0 Å². The summed E-state index contributed by atoms with van der Waals surface area (Å²) >= 11 is 0. The van der Waals surface area contributed by atoms with Crippen molar-refractivity contribution in [2.75, 3.05) is 41.5 Å². The predicted molar refractivity (Wildman–Crippen MR) is 120 cm³/mol. The molecule has 32 heavy (non-hydrogen) atoms. The van der Waals surface area contributed by atoms with Crippen molar-refractivity contribution in [1.82, 2.24) is 9.62 Å². The second-order valence-electron chi connectivity index (χ2n) is 7.37. The van der Waals surface area contributed by atoms with Gasteiger partial charge in [0.15, 0.2) is 11.5 Å². The first-order chi connectivity index (χ1) is 15.0. The van der Waals surface area contributed by atoms with Gasteiger partial charge in [0.1, 0.15) is 12.7 Å². The highest BCUT2D eigenvalue weighted by atomic mass is 32.2. The molecule has 0 aliphatic carbocycles. The van der Waals surface area contributed by atoms with E-state index in [-0.39, 0.29) is 23.6 Å². The van der Waals surface area contributed by atoms with Gasteiger partial charge in [0.25, 0.3) is 5.91 Å². The summed E-state index contributed by atoms with van der Waals surface area (Å²) in [6.07, 6.45) is -1.02. The van der Waals surface area contributed by atoms with Crippen LogP contribution in [0.1, 0.15) is 21.5 Å². The fourth-order valence-electron chi connectivity index (χ4n) is 2.93. The molecule has 0 fully saturated rings. The van der Waals surface area contributed by atoms with Crippen molar-refractivity contribution >= 4 is 15.9 Å². The van der Waals surface area contributed by atoms with E-state index in [0.29, 0.717) is 28.4 Å². The second-order valence-corrected chi connectivity index (χ2v) is 9.49. The number of amides is 1. The average Bonchev–Trinajstić information content (AvgIpc) is 2.76. The molecule has 2 aromatic carbocycles. The van der Waals surface area contributed by atoms with Gasteiger partial charge in [-0.2, -0.15) is 0 Å². The lowest BCUT2D eigenvalue weighted by atomic mass is 10.1. The lowest BCUT2D eigenvalue weighted by molar-refractivity contribution is 0.0833. The van der Waals surface area contributed by atoms with Crippen molar-refractivity contribution in [3.05, 3.63) is 47.0 Å². The molecule has 1 unspecified atom stereocenters. The Hall–Kier alpha value is -2.82. The van der Waals surface area contributed by atoms with Crippen LogP contribution in [0.25, 0.3) is 0 Å². The zero-order valence-electron chi connectivity index (χ0n) is 19.1. The van der Waals surface area contributed by atoms with Gasteiger partial charge in [-0.25, -0.2) is 12.7 Å². The molecule has 0 saturated heterocycles. The molecule has 2 rings (SSSR count). The summed E-state index contributed by atoms with van der Waals surface area (Å²) in [6, 6.07) is 8.10. The highest BCUT2D eigenvalue weighted by Crippen LogP contribution is 2.36. The van der Waals surface area contributed by atoms with Crippen molar-refractivity contribution in [2.24, 2.45) is 0 Å². The van der Waals surface area contributed by atoms with Crippen LogP contribution >= 0.6 is 0 Å². The lowest BCUT2D eigenvalue weighted by Crippen LogP contribution is -2.35. The largest absolute Gasteiger partial charge is 0.493 e. The molecule has 0 saturated carbocycles. The number of aliphatic hydroxyl groups is 1. The molecule has 1 amide bonds. The van der Waals surface area contributed by atoms with E-state index in [0.717, 1.165) is 4.31 Å². The Morgan fingerprint density at radius 1 is 1.12 bits per heavy atom. The Kier molecular flexibility index (Phi) is 8.48. The first kappa shape index (κ1) is 25.4. The molecule has 1 atom stereocenters. The Morgan fingerprint density at radius 3 is 2.25 bits per heavy atom. The maximum Gasteiger partial charge on any atom is 0.251 e. The molecule has 0 aromatic heterocycles.